The Bertz CT molecular complexity index is 476. The van der Waals surface area contributed by atoms with Gasteiger partial charge in [0.05, 0.1) is 13.2 Å². The lowest BCUT2D eigenvalue weighted by Gasteiger charge is -2.11. The highest BCUT2D eigenvalue weighted by Crippen LogP contribution is 1.98. The maximum atomic E-state index is 12.0. The van der Waals surface area contributed by atoms with Gasteiger partial charge in [-0.1, -0.05) is 13.3 Å². The quantitative estimate of drug-likeness (QED) is 0.762. The Hall–Kier alpha value is -1.56. The minimum absolute atomic E-state index is 0.224. The molecule has 17 heavy (non-hydrogen) atoms. The molecule has 96 valence electrons. The van der Waals surface area contributed by atoms with Crippen molar-refractivity contribution in [2.45, 2.75) is 32.9 Å². The lowest BCUT2D eigenvalue weighted by Crippen LogP contribution is -2.41. The second kappa shape index (κ2) is 6.24. The average molecular weight is 241 g/mol. The molecule has 0 saturated heterocycles. The number of unbranched alkanes of at least 4 members (excludes halogenated alkanes) is 1. The summed E-state index contributed by atoms with van der Waals surface area (Å²) in [5, 5.41) is 0. The standard InChI is InChI=1S/C11H19N3O3/c1-3-4-5-13-9(12)8-10(15)14(11(13)16)6-7-17-2/h8H,3-7,12H2,1-2H3. The summed E-state index contributed by atoms with van der Waals surface area (Å²) in [5.74, 6) is 0.224. The van der Waals surface area contributed by atoms with Crippen molar-refractivity contribution in [3.63, 3.8) is 0 Å². The topological polar surface area (TPSA) is 79.2 Å². The van der Waals surface area contributed by atoms with Crippen LogP contribution in [0.15, 0.2) is 15.7 Å². The SMILES string of the molecule is CCCCn1c(N)cc(=O)n(CCOC)c1=O. The number of hydrogen-bond donors (Lipinski definition) is 1. The fourth-order valence-corrected chi connectivity index (χ4v) is 1.56. The second-order valence-electron chi connectivity index (χ2n) is 3.84. The zero-order chi connectivity index (χ0) is 12.8. The number of nitrogens with two attached hydrogens (primary N) is 1. The molecule has 6 nitrogen and oxygen atoms in total. The summed E-state index contributed by atoms with van der Waals surface area (Å²) in [7, 11) is 1.53. The normalized spacial score (nSPS) is 10.7. The van der Waals surface area contributed by atoms with Crippen molar-refractivity contribution < 1.29 is 4.74 Å². The van der Waals surface area contributed by atoms with Crippen LogP contribution in [0.5, 0.6) is 0 Å². The summed E-state index contributed by atoms with van der Waals surface area (Å²) in [6.07, 6.45) is 1.82. The van der Waals surface area contributed by atoms with E-state index in [-0.39, 0.29) is 23.6 Å². The van der Waals surface area contributed by atoms with E-state index in [9.17, 15) is 9.59 Å². The summed E-state index contributed by atoms with van der Waals surface area (Å²) in [6, 6.07) is 1.28. The van der Waals surface area contributed by atoms with E-state index in [4.69, 9.17) is 10.5 Å². The minimum atomic E-state index is -0.378. The molecule has 0 radical (unpaired) electrons. The first-order valence-corrected chi connectivity index (χ1v) is 5.71. The van der Waals surface area contributed by atoms with Crippen LogP contribution in [0.2, 0.25) is 0 Å². The van der Waals surface area contributed by atoms with Crippen LogP contribution in [-0.2, 0) is 17.8 Å². The van der Waals surface area contributed by atoms with Crippen molar-refractivity contribution in [1.82, 2.24) is 9.13 Å². The largest absolute Gasteiger partial charge is 0.385 e. The highest BCUT2D eigenvalue weighted by Gasteiger charge is 2.08. The summed E-state index contributed by atoms with van der Waals surface area (Å²) in [4.78, 5) is 23.6. The zero-order valence-corrected chi connectivity index (χ0v) is 10.3. The first-order chi connectivity index (χ1) is 8.11. The van der Waals surface area contributed by atoms with Crippen LogP contribution >= 0.6 is 0 Å². The Kier molecular flexibility index (Phi) is 4.96. The molecule has 0 fully saturated rings. The van der Waals surface area contributed by atoms with Crippen LogP contribution in [-0.4, -0.2) is 22.9 Å². The van der Waals surface area contributed by atoms with Gasteiger partial charge in [0.2, 0.25) is 0 Å². The van der Waals surface area contributed by atoms with Gasteiger partial charge in [-0.3, -0.25) is 13.9 Å². The van der Waals surface area contributed by atoms with E-state index in [1.807, 2.05) is 6.92 Å². The number of hydrogen-bond acceptors (Lipinski definition) is 4. The van der Waals surface area contributed by atoms with Gasteiger partial charge in [-0.25, -0.2) is 4.79 Å². The molecular formula is C11H19N3O3. The van der Waals surface area contributed by atoms with E-state index in [2.05, 4.69) is 0 Å². The monoisotopic (exact) mass is 241 g/mol. The van der Waals surface area contributed by atoms with Crippen molar-refractivity contribution in [3.05, 3.63) is 26.9 Å². The highest BCUT2D eigenvalue weighted by atomic mass is 16.5. The number of nitrogen functional groups attached to an aromatic ring is 1. The Balaban J connectivity index is 3.13. The maximum Gasteiger partial charge on any atom is 0.332 e. The zero-order valence-electron chi connectivity index (χ0n) is 10.3. The number of nitrogens with zero attached hydrogens (tertiary/aromatic N) is 2. The predicted octanol–water partition coefficient (Wildman–Crippen LogP) is 0.0387. The summed E-state index contributed by atoms with van der Waals surface area (Å²) in [5.41, 5.74) is 4.94. The molecule has 0 bridgehead atoms. The Morgan fingerprint density at radius 2 is 2.00 bits per heavy atom. The highest BCUT2D eigenvalue weighted by molar-refractivity contribution is 5.26. The molecule has 1 heterocycles. The van der Waals surface area contributed by atoms with Crippen LogP contribution in [0.3, 0.4) is 0 Å². The van der Waals surface area contributed by atoms with Crippen LogP contribution < -0.4 is 17.0 Å². The number of rotatable bonds is 6. The van der Waals surface area contributed by atoms with Crippen molar-refractivity contribution in [1.29, 1.82) is 0 Å². The van der Waals surface area contributed by atoms with Gasteiger partial charge in [0, 0.05) is 19.7 Å². The molecule has 6 heteroatoms. The van der Waals surface area contributed by atoms with Crippen molar-refractivity contribution in [2.75, 3.05) is 19.5 Å². The molecule has 0 aromatic carbocycles. The Labute approximate surface area is 99.6 Å². The number of anilines is 1. The lowest BCUT2D eigenvalue weighted by molar-refractivity contribution is 0.184. The number of aromatic nitrogens is 2. The van der Waals surface area contributed by atoms with Crippen LogP contribution in [0.4, 0.5) is 5.82 Å². The molecule has 0 aliphatic rings. The molecule has 0 aliphatic heterocycles. The van der Waals surface area contributed by atoms with E-state index < -0.39 is 0 Å². The fourth-order valence-electron chi connectivity index (χ4n) is 1.56. The Morgan fingerprint density at radius 1 is 1.29 bits per heavy atom. The maximum absolute atomic E-state index is 12.0. The molecule has 2 N–H and O–H groups in total. The predicted molar refractivity (Wildman–Crippen MR) is 66.2 cm³/mol. The molecule has 0 amide bonds. The number of ether oxygens (including phenoxy) is 1. The van der Waals surface area contributed by atoms with Crippen LogP contribution in [0.1, 0.15) is 19.8 Å². The molecular weight excluding hydrogens is 222 g/mol. The van der Waals surface area contributed by atoms with Gasteiger partial charge in [-0.15, -0.1) is 0 Å². The van der Waals surface area contributed by atoms with E-state index in [1.54, 1.807) is 0 Å². The first kappa shape index (κ1) is 13.5. The van der Waals surface area contributed by atoms with Gasteiger partial charge in [0.15, 0.2) is 0 Å². The van der Waals surface area contributed by atoms with Crippen molar-refractivity contribution >= 4 is 5.82 Å². The summed E-state index contributed by atoms with van der Waals surface area (Å²) in [6.45, 7) is 3.14. The molecule has 1 aromatic rings. The fraction of sp³-hybridized carbons (Fsp3) is 0.636. The van der Waals surface area contributed by atoms with Gasteiger partial charge in [-0.05, 0) is 6.42 Å². The van der Waals surface area contributed by atoms with E-state index >= 15 is 0 Å². The molecule has 1 aromatic heterocycles. The van der Waals surface area contributed by atoms with Gasteiger partial charge in [-0.2, -0.15) is 0 Å². The molecule has 0 saturated carbocycles. The molecule has 0 unspecified atom stereocenters. The second-order valence-corrected chi connectivity index (χ2v) is 3.84. The average Bonchev–Trinajstić information content (AvgIpc) is 2.28. The molecule has 0 aliphatic carbocycles. The molecule has 0 spiro atoms. The third kappa shape index (κ3) is 3.20. The molecule has 1 rings (SSSR count). The van der Waals surface area contributed by atoms with Gasteiger partial charge >= 0.3 is 5.69 Å². The third-order valence-corrected chi connectivity index (χ3v) is 2.57. The summed E-state index contributed by atoms with van der Waals surface area (Å²) < 4.78 is 7.45. The summed E-state index contributed by atoms with van der Waals surface area (Å²) >= 11 is 0. The van der Waals surface area contributed by atoms with Crippen molar-refractivity contribution in [3.8, 4) is 0 Å². The van der Waals surface area contributed by atoms with Gasteiger partial charge in [0.1, 0.15) is 5.82 Å². The Morgan fingerprint density at radius 3 is 2.59 bits per heavy atom. The van der Waals surface area contributed by atoms with Gasteiger partial charge < -0.3 is 10.5 Å². The molecule has 0 atom stereocenters. The number of methoxy groups -OCH3 is 1. The van der Waals surface area contributed by atoms with Crippen molar-refractivity contribution in [2.24, 2.45) is 0 Å². The van der Waals surface area contributed by atoms with E-state index in [1.165, 1.54) is 17.7 Å². The van der Waals surface area contributed by atoms with Crippen LogP contribution in [0, 0.1) is 0 Å². The smallest absolute Gasteiger partial charge is 0.332 e. The first-order valence-electron chi connectivity index (χ1n) is 5.71. The van der Waals surface area contributed by atoms with E-state index in [0.29, 0.717) is 13.2 Å². The van der Waals surface area contributed by atoms with E-state index in [0.717, 1.165) is 17.4 Å². The van der Waals surface area contributed by atoms with Crippen LogP contribution in [0.25, 0.3) is 0 Å². The lowest BCUT2D eigenvalue weighted by atomic mass is 10.3. The minimum Gasteiger partial charge on any atom is -0.385 e. The van der Waals surface area contributed by atoms with Gasteiger partial charge in [0.25, 0.3) is 5.56 Å². The third-order valence-electron chi connectivity index (χ3n) is 2.57.